The number of carbonyl (C=O) groups excluding carboxylic acids is 1. The van der Waals surface area contributed by atoms with Gasteiger partial charge in [-0.3, -0.25) is 9.78 Å². The SMILES string of the molecule is CCc1ccnc(C(=O)N2CCCC(O)(C(F)(F)F)C2)c1. The number of pyridine rings is 1. The molecule has 1 aliphatic heterocycles. The van der Waals surface area contributed by atoms with Gasteiger partial charge in [-0.05, 0) is 37.0 Å². The molecule has 0 radical (unpaired) electrons. The van der Waals surface area contributed by atoms with Gasteiger partial charge in [0.05, 0.1) is 6.54 Å². The summed E-state index contributed by atoms with van der Waals surface area (Å²) in [5.74, 6) is -0.576. The molecule has 2 heterocycles. The van der Waals surface area contributed by atoms with Crippen molar-refractivity contribution in [3.8, 4) is 0 Å². The van der Waals surface area contributed by atoms with Crippen molar-refractivity contribution in [1.29, 1.82) is 0 Å². The third-order valence-electron chi connectivity index (χ3n) is 3.74. The number of hydrogen-bond acceptors (Lipinski definition) is 3. The lowest BCUT2D eigenvalue weighted by molar-refractivity contribution is -0.271. The van der Waals surface area contributed by atoms with Gasteiger partial charge in [0.25, 0.3) is 5.91 Å². The Kier molecular flexibility index (Phi) is 4.22. The van der Waals surface area contributed by atoms with Crippen molar-refractivity contribution in [2.75, 3.05) is 13.1 Å². The highest BCUT2D eigenvalue weighted by Gasteiger charge is 2.56. The Hall–Kier alpha value is -1.63. The van der Waals surface area contributed by atoms with Crippen LogP contribution in [0.4, 0.5) is 13.2 Å². The minimum atomic E-state index is -4.75. The van der Waals surface area contributed by atoms with Crippen molar-refractivity contribution >= 4 is 5.91 Å². The highest BCUT2D eigenvalue weighted by Crippen LogP contribution is 2.37. The van der Waals surface area contributed by atoms with Gasteiger partial charge in [0.15, 0.2) is 5.60 Å². The average Bonchev–Trinajstić information content (AvgIpc) is 2.45. The van der Waals surface area contributed by atoms with Gasteiger partial charge >= 0.3 is 6.18 Å². The molecule has 0 spiro atoms. The van der Waals surface area contributed by atoms with Crippen LogP contribution >= 0.6 is 0 Å². The number of halogens is 3. The third-order valence-corrected chi connectivity index (χ3v) is 3.74. The summed E-state index contributed by atoms with van der Waals surface area (Å²) in [6.07, 6.45) is -2.86. The molecule has 21 heavy (non-hydrogen) atoms. The Morgan fingerprint density at radius 2 is 2.24 bits per heavy atom. The molecular weight excluding hydrogens is 285 g/mol. The van der Waals surface area contributed by atoms with E-state index in [1.54, 1.807) is 12.1 Å². The number of piperidine rings is 1. The minimum Gasteiger partial charge on any atom is -0.379 e. The first kappa shape index (κ1) is 15.8. The van der Waals surface area contributed by atoms with Gasteiger partial charge in [-0.25, -0.2) is 0 Å². The zero-order valence-electron chi connectivity index (χ0n) is 11.7. The van der Waals surface area contributed by atoms with E-state index < -0.39 is 24.2 Å². The molecule has 1 atom stereocenters. The van der Waals surface area contributed by atoms with Gasteiger partial charge in [0.2, 0.25) is 0 Å². The Morgan fingerprint density at radius 1 is 1.52 bits per heavy atom. The monoisotopic (exact) mass is 302 g/mol. The Bertz CT molecular complexity index is 533. The molecule has 7 heteroatoms. The van der Waals surface area contributed by atoms with E-state index in [2.05, 4.69) is 4.98 Å². The van der Waals surface area contributed by atoms with Crippen molar-refractivity contribution in [3.05, 3.63) is 29.6 Å². The summed E-state index contributed by atoms with van der Waals surface area (Å²) < 4.78 is 38.6. The first-order valence-electron chi connectivity index (χ1n) is 6.80. The van der Waals surface area contributed by atoms with Crippen LogP contribution < -0.4 is 0 Å². The first-order chi connectivity index (χ1) is 9.77. The van der Waals surface area contributed by atoms with Gasteiger partial charge < -0.3 is 10.0 Å². The maximum absolute atomic E-state index is 12.9. The molecular formula is C14H17F3N2O2. The molecule has 4 nitrogen and oxygen atoms in total. The Balaban J connectivity index is 2.19. The predicted molar refractivity (Wildman–Crippen MR) is 69.8 cm³/mol. The summed E-state index contributed by atoms with van der Waals surface area (Å²) in [7, 11) is 0. The lowest BCUT2D eigenvalue weighted by Crippen LogP contribution is -2.58. The lowest BCUT2D eigenvalue weighted by Gasteiger charge is -2.39. The molecule has 1 unspecified atom stereocenters. The summed E-state index contributed by atoms with van der Waals surface area (Å²) in [6, 6.07) is 3.32. The molecule has 1 aromatic heterocycles. The fourth-order valence-electron chi connectivity index (χ4n) is 2.41. The van der Waals surface area contributed by atoms with E-state index in [-0.39, 0.29) is 25.1 Å². The number of aryl methyl sites for hydroxylation is 1. The fourth-order valence-corrected chi connectivity index (χ4v) is 2.41. The summed E-state index contributed by atoms with van der Waals surface area (Å²) in [5, 5.41) is 9.74. The van der Waals surface area contributed by atoms with Crippen LogP contribution in [0, 0.1) is 0 Å². The molecule has 2 rings (SSSR count). The minimum absolute atomic E-state index is 0.106. The fraction of sp³-hybridized carbons (Fsp3) is 0.571. The lowest BCUT2D eigenvalue weighted by atomic mass is 9.92. The van der Waals surface area contributed by atoms with Crippen molar-refractivity contribution in [3.63, 3.8) is 0 Å². The van der Waals surface area contributed by atoms with Gasteiger partial charge in [0, 0.05) is 12.7 Å². The Labute approximate surface area is 120 Å². The highest BCUT2D eigenvalue weighted by atomic mass is 19.4. The van der Waals surface area contributed by atoms with Crippen LogP contribution in [0.25, 0.3) is 0 Å². The van der Waals surface area contributed by atoms with Gasteiger partial charge in [-0.2, -0.15) is 13.2 Å². The van der Waals surface area contributed by atoms with Crippen LogP contribution in [0.5, 0.6) is 0 Å². The summed E-state index contributed by atoms with van der Waals surface area (Å²) in [6.45, 7) is 1.36. The molecule has 1 fully saturated rings. The molecule has 1 N–H and O–H groups in total. The van der Waals surface area contributed by atoms with Crippen LogP contribution in [-0.4, -0.2) is 45.8 Å². The number of hydrogen-bond donors (Lipinski definition) is 1. The van der Waals surface area contributed by atoms with E-state index >= 15 is 0 Å². The molecule has 0 saturated carbocycles. The van der Waals surface area contributed by atoms with E-state index in [0.717, 1.165) is 10.5 Å². The van der Waals surface area contributed by atoms with E-state index in [1.807, 2.05) is 6.92 Å². The molecule has 1 aliphatic rings. The molecule has 1 aromatic rings. The molecule has 1 saturated heterocycles. The van der Waals surface area contributed by atoms with E-state index in [9.17, 15) is 23.1 Å². The number of nitrogens with zero attached hydrogens (tertiary/aromatic N) is 2. The van der Waals surface area contributed by atoms with Crippen molar-refractivity contribution in [2.45, 2.75) is 38.0 Å². The van der Waals surface area contributed by atoms with E-state index in [1.165, 1.54) is 6.20 Å². The van der Waals surface area contributed by atoms with E-state index in [0.29, 0.717) is 6.42 Å². The number of rotatable bonds is 2. The largest absolute Gasteiger partial charge is 0.418 e. The number of amides is 1. The standard InChI is InChI=1S/C14H17F3N2O2/c1-2-10-4-6-18-11(8-10)12(20)19-7-3-5-13(21,9-19)14(15,16)17/h4,6,8,21H,2-3,5,7,9H2,1H3. The van der Waals surface area contributed by atoms with Crippen molar-refractivity contribution in [1.82, 2.24) is 9.88 Å². The van der Waals surface area contributed by atoms with E-state index in [4.69, 9.17) is 0 Å². The molecule has 0 aliphatic carbocycles. The first-order valence-corrected chi connectivity index (χ1v) is 6.80. The average molecular weight is 302 g/mol. The van der Waals surface area contributed by atoms with Gasteiger partial charge in [-0.15, -0.1) is 0 Å². The third kappa shape index (κ3) is 3.18. The summed E-state index contributed by atoms with van der Waals surface area (Å²) in [4.78, 5) is 17.2. The maximum Gasteiger partial charge on any atom is 0.418 e. The molecule has 1 amide bonds. The number of aliphatic hydroxyl groups is 1. The van der Waals surface area contributed by atoms with Crippen molar-refractivity contribution < 1.29 is 23.1 Å². The molecule has 0 bridgehead atoms. The normalized spacial score (nSPS) is 23.2. The molecule has 116 valence electrons. The van der Waals surface area contributed by atoms with Gasteiger partial charge in [-0.1, -0.05) is 6.92 Å². The smallest absolute Gasteiger partial charge is 0.379 e. The van der Waals surface area contributed by atoms with Crippen LogP contribution in [0.1, 0.15) is 35.8 Å². The Morgan fingerprint density at radius 3 is 2.86 bits per heavy atom. The zero-order valence-corrected chi connectivity index (χ0v) is 11.7. The quantitative estimate of drug-likeness (QED) is 0.911. The highest BCUT2D eigenvalue weighted by molar-refractivity contribution is 5.92. The van der Waals surface area contributed by atoms with Crippen LogP contribution in [0.15, 0.2) is 18.3 Å². The second-order valence-corrected chi connectivity index (χ2v) is 5.26. The van der Waals surface area contributed by atoms with Crippen LogP contribution in [-0.2, 0) is 6.42 Å². The number of likely N-dealkylation sites (tertiary alicyclic amines) is 1. The second-order valence-electron chi connectivity index (χ2n) is 5.26. The van der Waals surface area contributed by atoms with Gasteiger partial charge in [0.1, 0.15) is 5.69 Å². The number of carbonyl (C=O) groups is 1. The molecule has 0 aromatic carbocycles. The zero-order chi connectivity index (χ0) is 15.7. The summed E-state index contributed by atoms with van der Waals surface area (Å²) in [5.41, 5.74) is -1.83. The topological polar surface area (TPSA) is 53.4 Å². The summed E-state index contributed by atoms with van der Waals surface area (Å²) >= 11 is 0. The van der Waals surface area contributed by atoms with Crippen LogP contribution in [0.3, 0.4) is 0 Å². The van der Waals surface area contributed by atoms with Crippen molar-refractivity contribution in [2.24, 2.45) is 0 Å². The number of alkyl halides is 3. The number of β-amino-alcohol motifs (C(OH)–C–C–N with tert-alkyl or cyclic N) is 1. The maximum atomic E-state index is 12.9. The predicted octanol–water partition coefficient (Wildman–Crippen LogP) is 2.17. The number of aromatic nitrogens is 1. The van der Waals surface area contributed by atoms with Crippen LogP contribution in [0.2, 0.25) is 0 Å². The second kappa shape index (κ2) is 5.63.